The number of carboxylic acids is 1. The van der Waals surface area contributed by atoms with E-state index in [9.17, 15) is 4.79 Å². The van der Waals surface area contributed by atoms with Crippen LogP contribution in [0.5, 0.6) is 11.5 Å². The third-order valence-electron chi connectivity index (χ3n) is 3.25. The Morgan fingerprint density at radius 2 is 1.80 bits per heavy atom. The molecule has 20 heavy (non-hydrogen) atoms. The van der Waals surface area contributed by atoms with Gasteiger partial charge in [0.1, 0.15) is 0 Å². The summed E-state index contributed by atoms with van der Waals surface area (Å²) in [4.78, 5) is 10.8. The number of hydrogen-bond donors (Lipinski definition) is 1. The number of benzene rings is 1. The normalized spacial score (nSPS) is 11.2. The van der Waals surface area contributed by atoms with Gasteiger partial charge in [0, 0.05) is 11.1 Å². The molecule has 1 N–H and O–H groups in total. The van der Waals surface area contributed by atoms with Crippen LogP contribution in [0.4, 0.5) is 0 Å². The molecule has 0 bridgehead atoms. The second-order valence-corrected chi connectivity index (χ2v) is 5.94. The maximum Gasteiger partial charge on any atom is 0.303 e. The van der Waals surface area contributed by atoms with Gasteiger partial charge in [0.05, 0.1) is 20.6 Å². The van der Waals surface area contributed by atoms with E-state index in [0.717, 1.165) is 12.0 Å². The summed E-state index contributed by atoms with van der Waals surface area (Å²) in [7, 11) is 3.13. The maximum absolute atomic E-state index is 10.8. The lowest BCUT2D eigenvalue weighted by Gasteiger charge is -2.22. The Kier molecular flexibility index (Phi) is 5.69. The van der Waals surface area contributed by atoms with E-state index in [1.165, 1.54) is 0 Å². The van der Waals surface area contributed by atoms with E-state index in [4.69, 9.17) is 26.2 Å². The molecule has 112 valence electrons. The predicted molar refractivity (Wildman–Crippen MR) is 78.9 cm³/mol. The van der Waals surface area contributed by atoms with Crippen molar-refractivity contribution >= 4 is 17.6 Å². The van der Waals surface area contributed by atoms with Crippen molar-refractivity contribution in [2.75, 3.05) is 14.2 Å². The first-order valence-corrected chi connectivity index (χ1v) is 6.79. The third-order valence-corrected chi connectivity index (χ3v) is 3.61. The molecule has 1 rings (SSSR count). The average molecular weight is 301 g/mol. The Balaban J connectivity index is 2.85. The summed E-state index contributed by atoms with van der Waals surface area (Å²) in [6, 6.07) is 3.57. The molecule has 4 nitrogen and oxygen atoms in total. The smallest absolute Gasteiger partial charge is 0.303 e. The molecule has 1 aromatic carbocycles. The fraction of sp³-hybridized carbons (Fsp3) is 0.533. The molecule has 0 spiro atoms. The van der Waals surface area contributed by atoms with E-state index in [-0.39, 0.29) is 11.8 Å². The molecule has 0 unspecified atom stereocenters. The third kappa shape index (κ3) is 4.60. The van der Waals surface area contributed by atoms with Crippen LogP contribution in [0.1, 0.15) is 32.3 Å². The number of rotatable bonds is 7. The molecule has 0 saturated carbocycles. The Bertz CT molecular complexity index is 483. The number of aliphatic carboxylic acids is 1. The predicted octanol–water partition coefficient (Wildman–Crippen LogP) is 3.79. The molecule has 0 fully saturated rings. The van der Waals surface area contributed by atoms with Crippen LogP contribution in [0.25, 0.3) is 0 Å². The molecule has 0 heterocycles. The Morgan fingerprint density at radius 3 is 2.30 bits per heavy atom. The van der Waals surface area contributed by atoms with Gasteiger partial charge in [0.25, 0.3) is 0 Å². The molecule has 5 heteroatoms. The van der Waals surface area contributed by atoms with Crippen LogP contribution in [0.3, 0.4) is 0 Å². The molecular formula is C15H21ClO4. The summed E-state index contributed by atoms with van der Waals surface area (Å²) >= 11 is 6.22. The lowest BCUT2D eigenvalue weighted by Crippen LogP contribution is -2.17. The van der Waals surface area contributed by atoms with Gasteiger partial charge >= 0.3 is 5.97 Å². The molecule has 0 aliphatic heterocycles. The first-order chi connectivity index (χ1) is 9.29. The molecule has 0 radical (unpaired) electrons. The van der Waals surface area contributed by atoms with Gasteiger partial charge < -0.3 is 14.6 Å². The molecular weight excluding hydrogens is 280 g/mol. The van der Waals surface area contributed by atoms with Crippen molar-refractivity contribution in [3.8, 4) is 11.5 Å². The Hall–Kier alpha value is -1.42. The van der Waals surface area contributed by atoms with Crippen LogP contribution >= 0.6 is 11.6 Å². The number of carboxylic acid groups (broad SMARTS) is 1. The second kappa shape index (κ2) is 6.84. The fourth-order valence-electron chi connectivity index (χ4n) is 2.06. The zero-order valence-electron chi connectivity index (χ0n) is 12.3. The average Bonchev–Trinajstić information content (AvgIpc) is 2.35. The summed E-state index contributed by atoms with van der Waals surface area (Å²) in [5.41, 5.74) is 0.658. The molecule has 0 atom stereocenters. The van der Waals surface area contributed by atoms with Crippen molar-refractivity contribution in [3.63, 3.8) is 0 Å². The summed E-state index contributed by atoms with van der Waals surface area (Å²) < 4.78 is 10.4. The zero-order valence-corrected chi connectivity index (χ0v) is 13.1. The molecule has 0 amide bonds. The Morgan fingerprint density at radius 1 is 1.25 bits per heavy atom. The number of halogens is 1. The highest BCUT2D eigenvalue weighted by molar-refractivity contribution is 6.31. The van der Waals surface area contributed by atoms with E-state index in [1.54, 1.807) is 20.3 Å². The molecule has 0 aromatic heterocycles. The summed E-state index contributed by atoms with van der Waals surface area (Å²) in [6.45, 7) is 3.88. The highest BCUT2D eigenvalue weighted by Crippen LogP contribution is 2.35. The van der Waals surface area contributed by atoms with Gasteiger partial charge in [-0.1, -0.05) is 25.4 Å². The monoisotopic (exact) mass is 300 g/mol. The van der Waals surface area contributed by atoms with Crippen LogP contribution < -0.4 is 9.47 Å². The zero-order chi connectivity index (χ0) is 15.3. The maximum atomic E-state index is 10.8. The minimum Gasteiger partial charge on any atom is -0.493 e. The molecule has 0 aliphatic carbocycles. The van der Waals surface area contributed by atoms with E-state index < -0.39 is 5.97 Å². The first-order valence-electron chi connectivity index (χ1n) is 6.41. The minimum absolute atomic E-state index is 0.137. The quantitative estimate of drug-likeness (QED) is 0.832. The fourth-order valence-corrected chi connectivity index (χ4v) is 2.31. The van der Waals surface area contributed by atoms with Crippen molar-refractivity contribution in [2.45, 2.75) is 33.1 Å². The number of ether oxygens (including phenoxy) is 2. The molecule has 0 saturated heterocycles. The second-order valence-electron chi connectivity index (χ2n) is 5.53. The molecule has 1 aromatic rings. The largest absolute Gasteiger partial charge is 0.493 e. The van der Waals surface area contributed by atoms with Crippen molar-refractivity contribution in [1.29, 1.82) is 0 Å². The van der Waals surface area contributed by atoms with Crippen molar-refractivity contribution in [3.05, 3.63) is 22.7 Å². The van der Waals surface area contributed by atoms with Gasteiger partial charge in [-0.3, -0.25) is 4.79 Å². The van der Waals surface area contributed by atoms with Gasteiger partial charge in [-0.25, -0.2) is 0 Å². The highest BCUT2D eigenvalue weighted by atomic mass is 35.5. The van der Waals surface area contributed by atoms with Crippen molar-refractivity contribution in [2.24, 2.45) is 5.41 Å². The van der Waals surface area contributed by atoms with Gasteiger partial charge in [-0.15, -0.1) is 0 Å². The number of methoxy groups -OCH3 is 2. The van der Waals surface area contributed by atoms with Crippen LogP contribution in [0, 0.1) is 5.41 Å². The number of hydrogen-bond acceptors (Lipinski definition) is 3. The van der Waals surface area contributed by atoms with Crippen molar-refractivity contribution < 1.29 is 19.4 Å². The highest BCUT2D eigenvalue weighted by Gasteiger charge is 2.22. The standard InChI is InChI=1S/C15H21ClO4/c1-15(2,9-14(17)18)6-5-10-7-12(19-3)13(20-4)8-11(10)16/h7-8H,5-6,9H2,1-4H3,(H,17,18). The minimum atomic E-state index is -0.784. The van der Waals surface area contributed by atoms with Gasteiger partial charge in [-0.2, -0.15) is 0 Å². The number of aryl methyl sites for hydroxylation is 1. The van der Waals surface area contributed by atoms with Crippen LogP contribution in [0.15, 0.2) is 12.1 Å². The van der Waals surface area contributed by atoms with Crippen molar-refractivity contribution in [1.82, 2.24) is 0 Å². The lowest BCUT2D eigenvalue weighted by atomic mass is 9.83. The lowest BCUT2D eigenvalue weighted by molar-refractivity contribution is -0.139. The topological polar surface area (TPSA) is 55.8 Å². The van der Waals surface area contributed by atoms with Crippen LogP contribution in [0.2, 0.25) is 5.02 Å². The first kappa shape index (κ1) is 16.6. The van der Waals surface area contributed by atoms with Gasteiger partial charge in [0.15, 0.2) is 11.5 Å². The number of carbonyl (C=O) groups is 1. The van der Waals surface area contributed by atoms with E-state index in [2.05, 4.69) is 0 Å². The van der Waals surface area contributed by atoms with E-state index in [1.807, 2.05) is 19.9 Å². The van der Waals surface area contributed by atoms with Gasteiger partial charge in [-0.05, 0) is 29.9 Å². The van der Waals surface area contributed by atoms with Gasteiger partial charge in [0.2, 0.25) is 0 Å². The van der Waals surface area contributed by atoms with E-state index >= 15 is 0 Å². The Labute approximate surface area is 124 Å². The SMILES string of the molecule is COc1cc(Cl)c(CCC(C)(C)CC(=O)O)cc1OC. The van der Waals surface area contributed by atoms with E-state index in [0.29, 0.717) is 22.9 Å². The van der Waals surface area contributed by atoms with Crippen LogP contribution in [-0.4, -0.2) is 25.3 Å². The summed E-state index contributed by atoms with van der Waals surface area (Å²) in [5.74, 6) is 0.433. The van der Waals surface area contributed by atoms with Crippen LogP contribution in [-0.2, 0) is 11.2 Å². The molecule has 0 aliphatic rings. The summed E-state index contributed by atoms with van der Waals surface area (Å²) in [5, 5.41) is 9.49. The summed E-state index contributed by atoms with van der Waals surface area (Å²) in [6.07, 6.45) is 1.56.